The van der Waals surface area contributed by atoms with Gasteiger partial charge in [0.25, 0.3) is 0 Å². The van der Waals surface area contributed by atoms with E-state index in [2.05, 4.69) is 17.2 Å². The molecule has 0 bridgehead atoms. The molecule has 0 spiro atoms. The summed E-state index contributed by atoms with van der Waals surface area (Å²) < 4.78 is 35.8. The summed E-state index contributed by atoms with van der Waals surface area (Å²) in [6, 6.07) is 6.57. The third-order valence-electron chi connectivity index (χ3n) is 7.01. The molecule has 36 heavy (non-hydrogen) atoms. The molecule has 2 aromatic rings. The van der Waals surface area contributed by atoms with E-state index in [9.17, 15) is 8.42 Å². The van der Waals surface area contributed by atoms with E-state index in [0.717, 1.165) is 48.3 Å². The number of unbranched alkanes of at least 4 members (excludes halogenated alkanes) is 12. The van der Waals surface area contributed by atoms with Crippen LogP contribution in [0, 0.1) is 6.92 Å². The van der Waals surface area contributed by atoms with Crippen molar-refractivity contribution in [2.45, 2.75) is 128 Å². The summed E-state index contributed by atoms with van der Waals surface area (Å²) in [6.07, 6.45) is 20.2. The molecule has 0 amide bonds. The highest BCUT2D eigenvalue weighted by Crippen LogP contribution is 2.27. The van der Waals surface area contributed by atoms with Crippen molar-refractivity contribution in [1.82, 2.24) is 5.16 Å². The number of rotatable bonds is 17. The van der Waals surface area contributed by atoms with Crippen molar-refractivity contribution in [1.29, 1.82) is 0 Å². The van der Waals surface area contributed by atoms with Crippen molar-refractivity contribution in [3.8, 4) is 0 Å². The standard InChI is InChI=1S/C29H44N2O4S/c1-3-4-5-6-7-8-9-10-11-12-13-14-15-17-26-29-27(18-16-19-28(29)34-30-26)31-35-36(32,33)25-22-20-24(2)21-23-25/h20-23H,3-19H2,1-2H3/b31-27-. The molecular weight excluding hydrogens is 472 g/mol. The summed E-state index contributed by atoms with van der Waals surface area (Å²) in [4.78, 5) is 0.103. The van der Waals surface area contributed by atoms with E-state index in [1.165, 1.54) is 89.2 Å². The van der Waals surface area contributed by atoms with Gasteiger partial charge in [0.2, 0.25) is 0 Å². The van der Waals surface area contributed by atoms with E-state index in [-0.39, 0.29) is 4.90 Å². The summed E-state index contributed by atoms with van der Waals surface area (Å²) in [5, 5.41) is 8.36. The molecule has 0 saturated carbocycles. The van der Waals surface area contributed by atoms with E-state index >= 15 is 0 Å². The van der Waals surface area contributed by atoms with Gasteiger partial charge in [-0.05, 0) is 44.7 Å². The Labute approximate surface area is 218 Å². The number of oxime groups is 1. The Balaban J connectivity index is 1.40. The number of hydrogen-bond acceptors (Lipinski definition) is 6. The molecule has 1 aliphatic carbocycles. The molecule has 7 heteroatoms. The van der Waals surface area contributed by atoms with Crippen LogP contribution in [-0.4, -0.2) is 19.3 Å². The summed E-state index contributed by atoms with van der Waals surface area (Å²) in [7, 11) is -3.95. The predicted molar refractivity (Wildman–Crippen MR) is 145 cm³/mol. The first-order valence-electron chi connectivity index (χ1n) is 14.1. The Kier molecular flexibility index (Phi) is 12.0. The molecule has 6 nitrogen and oxygen atoms in total. The molecule has 200 valence electrons. The zero-order chi connectivity index (χ0) is 25.6. The minimum Gasteiger partial charge on any atom is -0.360 e. The minimum atomic E-state index is -3.95. The van der Waals surface area contributed by atoms with Crippen molar-refractivity contribution >= 4 is 15.8 Å². The summed E-state index contributed by atoms with van der Waals surface area (Å²) in [6.45, 7) is 4.18. The lowest BCUT2D eigenvalue weighted by molar-refractivity contribution is 0.336. The SMILES string of the molecule is CCCCCCCCCCCCCCCc1noc2c1/C(=N\OS(=O)(=O)c1ccc(C)cc1)CCC2. The average molecular weight is 517 g/mol. The molecule has 0 fully saturated rings. The average Bonchev–Trinajstić information content (AvgIpc) is 3.29. The van der Waals surface area contributed by atoms with Gasteiger partial charge < -0.3 is 4.52 Å². The van der Waals surface area contributed by atoms with Gasteiger partial charge in [-0.2, -0.15) is 8.42 Å². The summed E-state index contributed by atoms with van der Waals surface area (Å²) in [5.74, 6) is 0.793. The van der Waals surface area contributed by atoms with Gasteiger partial charge >= 0.3 is 10.1 Å². The van der Waals surface area contributed by atoms with Crippen LogP contribution in [0.15, 0.2) is 38.8 Å². The van der Waals surface area contributed by atoms with Crippen LogP contribution in [0.4, 0.5) is 0 Å². The van der Waals surface area contributed by atoms with Crippen LogP contribution >= 0.6 is 0 Å². The molecule has 1 aromatic heterocycles. The van der Waals surface area contributed by atoms with Crippen molar-refractivity contribution in [2.75, 3.05) is 0 Å². The maximum atomic E-state index is 12.6. The minimum absolute atomic E-state index is 0.103. The van der Waals surface area contributed by atoms with Crippen LogP contribution in [0.5, 0.6) is 0 Å². The monoisotopic (exact) mass is 516 g/mol. The van der Waals surface area contributed by atoms with E-state index in [1.807, 2.05) is 6.92 Å². The maximum Gasteiger partial charge on any atom is 0.358 e. The lowest BCUT2D eigenvalue weighted by atomic mass is 9.93. The number of aryl methyl sites for hydroxylation is 3. The van der Waals surface area contributed by atoms with Gasteiger partial charge in [-0.1, -0.05) is 112 Å². The van der Waals surface area contributed by atoms with Crippen molar-refractivity contribution in [3.63, 3.8) is 0 Å². The lowest BCUT2D eigenvalue weighted by Crippen LogP contribution is -2.14. The van der Waals surface area contributed by atoms with E-state index in [4.69, 9.17) is 8.81 Å². The number of aromatic nitrogens is 1. The summed E-state index contributed by atoms with van der Waals surface area (Å²) >= 11 is 0. The third-order valence-corrected chi connectivity index (χ3v) is 8.13. The molecule has 0 aliphatic heterocycles. The van der Waals surface area contributed by atoms with Crippen LogP contribution in [0.2, 0.25) is 0 Å². The number of hydrogen-bond donors (Lipinski definition) is 0. The number of nitrogens with zero attached hydrogens (tertiary/aromatic N) is 2. The Morgan fingerprint density at radius 2 is 1.44 bits per heavy atom. The molecule has 0 saturated heterocycles. The zero-order valence-corrected chi connectivity index (χ0v) is 23.1. The van der Waals surface area contributed by atoms with E-state index in [1.54, 1.807) is 12.1 Å². The largest absolute Gasteiger partial charge is 0.360 e. The molecule has 1 aliphatic rings. The smallest absolute Gasteiger partial charge is 0.358 e. The van der Waals surface area contributed by atoms with Crippen molar-refractivity contribution in [3.05, 3.63) is 46.8 Å². The fourth-order valence-corrected chi connectivity index (χ4v) is 5.56. The second-order valence-electron chi connectivity index (χ2n) is 10.2. The fourth-order valence-electron chi connectivity index (χ4n) is 4.82. The maximum absolute atomic E-state index is 12.6. The van der Waals surface area contributed by atoms with Gasteiger partial charge in [0.1, 0.15) is 10.7 Å². The van der Waals surface area contributed by atoms with Crippen LogP contribution in [0.25, 0.3) is 0 Å². The second-order valence-corrected chi connectivity index (χ2v) is 11.7. The Hall–Kier alpha value is -2.15. The highest BCUT2D eigenvalue weighted by molar-refractivity contribution is 7.86. The highest BCUT2D eigenvalue weighted by Gasteiger charge is 2.26. The fraction of sp³-hybridized carbons (Fsp3) is 0.655. The van der Waals surface area contributed by atoms with Crippen LogP contribution < -0.4 is 0 Å². The topological polar surface area (TPSA) is 81.8 Å². The molecule has 0 unspecified atom stereocenters. The molecule has 3 rings (SSSR count). The van der Waals surface area contributed by atoms with Crippen molar-refractivity contribution < 1.29 is 17.2 Å². The quantitative estimate of drug-likeness (QED) is 0.157. The molecular formula is C29H44N2O4S. The van der Waals surface area contributed by atoms with Gasteiger partial charge in [0, 0.05) is 6.42 Å². The Bertz CT molecular complexity index is 1040. The Morgan fingerprint density at radius 3 is 2.06 bits per heavy atom. The van der Waals surface area contributed by atoms with Crippen LogP contribution in [-0.2, 0) is 27.2 Å². The zero-order valence-electron chi connectivity index (χ0n) is 22.3. The van der Waals surface area contributed by atoms with Crippen LogP contribution in [0.3, 0.4) is 0 Å². The van der Waals surface area contributed by atoms with Gasteiger partial charge in [-0.15, -0.1) is 0 Å². The first-order chi connectivity index (χ1) is 17.5. The molecule has 1 aromatic carbocycles. The van der Waals surface area contributed by atoms with Gasteiger partial charge in [0.05, 0.1) is 17.0 Å². The Morgan fingerprint density at radius 1 is 0.861 bits per heavy atom. The highest BCUT2D eigenvalue weighted by atomic mass is 32.2. The van der Waals surface area contributed by atoms with E-state index in [0.29, 0.717) is 12.1 Å². The van der Waals surface area contributed by atoms with Gasteiger partial charge in [-0.3, -0.25) is 4.28 Å². The number of fused-ring (bicyclic) bond motifs is 1. The predicted octanol–water partition coefficient (Wildman–Crippen LogP) is 8.06. The van der Waals surface area contributed by atoms with Gasteiger partial charge in [-0.25, -0.2) is 0 Å². The third kappa shape index (κ3) is 9.06. The second kappa shape index (κ2) is 15.2. The van der Waals surface area contributed by atoms with Crippen molar-refractivity contribution in [2.24, 2.45) is 5.16 Å². The number of benzene rings is 1. The normalized spacial score (nSPS) is 14.8. The molecule has 0 atom stereocenters. The molecule has 0 N–H and O–H groups in total. The summed E-state index contributed by atoms with van der Waals surface area (Å²) in [5.41, 5.74) is 3.35. The van der Waals surface area contributed by atoms with E-state index < -0.39 is 10.1 Å². The molecule has 0 radical (unpaired) electrons. The molecule has 1 heterocycles. The van der Waals surface area contributed by atoms with Crippen LogP contribution in [0.1, 0.15) is 126 Å². The van der Waals surface area contributed by atoms with Gasteiger partial charge in [0.15, 0.2) is 0 Å². The first-order valence-corrected chi connectivity index (χ1v) is 15.5. The first kappa shape index (κ1) is 28.4. The lowest BCUT2D eigenvalue weighted by Gasteiger charge is -2.12.